The first kappa shape index (κ1) is 46.2. The predicted octanol–water partition coefficient (Wildman–Crippen LogP) is 5.41. The zero-order valence-electron chi connectivity index (χ0n) is 36.2. The van der Waals surface area contributed by atoms with Gasteiger partial charge >= 0.3 is 12.1 Å². The van der Waals surface area contributed by atoms with Crippen molar-refractivity contribution in [2.75, 3.05) is 32.9 Å². The van der Waals surface area contributed by atoms with Gasteiger partial charge in [0.1, 0.15) is 12.1 Å². The van der Waals surface area contributed by atoms with E-state index < -0.39 is 80.6 Å². The highest BCUT2D eigenvalue weighted by atomic mass is 32.2. The van der Waals surface area contributed by atoms with Crippen LogP contribution in [0.4, 0.5) is 9.59 Å². The monoisotopic (exact) mass is 841 g/mol. The van der Waals surface area contributed by atoms with Crippen LogP contribution in [-0.4, -0.2) is 115 Å². The fourth-order valence-electron chi connectivity index (χ4n) is 8.87. The minimum atomic E-state index is -3.55. The van der Waals surface area contributed by atoms with Crippen LogP contribution in [0.25, 0.3) is 0 Å². The van der Waals surface area contributed by atoms with E-state index in [-0.39, 0.29) is 44.1 Å². The summed E-state index contributed by atoms with van der Waals surface area (Å²) in [5.41, 5.74) is 0.949. The molecule has 4 aliphatic rings. The van der Waals surface area contributed by atoms with Crippen LogP contribution in [0.1, 0.15) is 123 Å². The molecule has 5 rings (SSSR count). The maximum absolute atomic E-state index is 15.1. The molecule has 59 heavy (non-hydrogen) atoms. The van der Waals surface area contributed by atoms with Crippen molar-refractivity contribution in [1.82, 2.24) is 24.7 Å². The summed E-state index contributed by atoms with van der Waals surface area (Å²) in [4.78, 5) is 86.7. The molecule has 0 spiro atoms. The number of fused-ring (bicyclic) bond motifs is 1. The van der Waals surface area contributed by atoms with Gasteiger partial charge in [-0.15, -0.1) is 0 Å². The number of carbonyl (C=O) groups is 6. The van der Waals surface area contributed by atoms with Gasteiger partial charge in [0.2, 0.25) is 21.7 Å². The van der Waals surface area contributed by atoms with Crippen LogP contribution in [-0.2, 0) is 46.9 Å². The number of Topliss-reactive ketones (excluding diaryl/α,β-unsaturated/α-hetero) is 3. The molecule has 0 radical (unpaired) electrons. The summed E-state index contributed by atoms with van der Waals surface area (Å²) in [6.45, 7) is 10.3. The number of rotatable bonds is 17. The van der Waals surface area contributed by atoms with Gasteiger partial charge in [0.05, 0.1) is 18.8 Å². The summed E-state index contributed by atoms with van der Waals surface area (Å²) < 4.78 is 31.9. The molecule has 1 aromatic carbocycles. The summed E-state index contributed by atoms with van der Waals surface area (Å²) in [7, 11) is -2.11. The fourth-order valence-corrected chi connectivity index (χ4v) is 9.29. The minimum absolute atomic E-state index is 0.00475. The van der Waals surface area contributed by atoms with Gasteiger partial charge < -0.3 is 25.2 Å². The molecular formula is C44H67N5O9S. The molecule has 15 heteroatoms. The Hall–Kier alpha value is -3.85. The van der Waals surface area contributed by atoms with E-state index in [4.69, 9.17) is 4.74 Å². The molecule has 14 nitrogen and oxygen atoms in total. The molecule has 328 valence electrons. The number of nitrogens with one attached hydrogen (secondary N) is 2. The number of sulfonamides is 1. The van der Waals surface area contributed by atoms with Crippen molar-refractivity contribution in [1.29, 1.82) is 0 Å². The molecule has 2 N–H and O–H groups in total. The summed E-state index contributed by atoms with van der Waals surface area (Å²) in [6.07, 6.45) is 7.07. The van der Waals surface area contributed by atoms with Crippen molar-refractivity contribution in [3.8, 4) is 0 Å². The van der Waals surface area contributed by atoms with E-state index in [1.165, 1.54) is 21.8 Å². The summed E-state index contributed by atoms with van der Waals surface area (Å²) in [5, 5.41) is 5.93. The number of ketones is 3. The lowest BCUT2D eigenvalue weighted by atomic mass is 9.70. The van der Waals surface area contributed by atoms with Crippen LogP contribution < -0.4 is 10.6 Å². The number of nitrogens with zero attached hydrogens (tertiary/aromatic N) is 3. The third-order valence-electron chi connectivity index (χ3n) is 13.0. The SMILES string of the molecule is CCCC(CC(=O)[C@@H]1C[C@@H](OC(=O)N2CCc3ccccc3C2)CN1C(=O)[C@@H](NC(=O)N[C@H](CN(C)S(C)(=O)=O)C(C)(C)C)C1(C)CCCCC1)C(=O)C(=O)CC1CC1. The fraction of sp³-hybridized carbons (Fsp3) is 0.727. The van der Waals surface area contributed by atoms with E-state index in [0.29, 0.717) is 45.2 Å². The van der Waals surface area contributed by atoms with E-state index in [2.05, 4.69) is 10.6 Å². The first-order valence-corrected chi connectivity index (χ1v) is 23.5. The lowest BCUT2D eigenvalue weighted by Gasteiger charge is -2.43. The van der Waals surface area contributed by atoms with Crippen molar-refractivity contribution in [3.63, 3.8) is 0 Å². The lowest BCUT2D eigenvalue weighted by molar-refractivity contribution is -0.144. The highest BCUT2D eigenvalue weighted by Crippen LogP contribution is 2.41. The van der Waals surface area contributed by atoms with Crippen LogP contribution in [0.3, 0.4) is 0 Å². The third kappa shape index (κ3) is 12.1. The molecule has 1 unspecified atom stereocenters. The van der Waals surface area contributed by atoms with Gasteiger partial charge in [0.15, 0.2) is 11.6 Å². The molecule has 3 fully saturated rings. The van der Waals surface area contributed by atoms with Gasteiger partial charge in [0.25, 0.3) is 0 Å². The molecule has 2 aliphatic heterocycles. The highest BCUT2D eigenvalue weighted by molar-refractivity contribution is 7.88. The van der Waals surface area contributed by atoms with Gasteiger partial charge in [-0.25, -0.2) is 22.3 Å². The van der Waals surface area contributed by atoms with Crippen molar-refractivity contribution >= 4 is 45.4 Å². The van der Waals surface area contributed by atoms with E-state index in [1.807, 2.05) is 58.9 Å². The van der Waals surface area contributed by atoms with Crippen molar-refractivity contribution in [2.45, 2.75) is 149 Å². The molecule has 1 saturated heterocycles. The molecule has 0 aromatic heterocycles. The van der Waals surface area contributed by atoms with E-state index in [0.717, 1.165) is 43.9 Å². The summed E-state index contributed by atoms with van der Waals surface area (Å²) >= 11 is 0. The van der Waals surface area contributed by atoms with Gasteiger partial charge in [-0.2, -0.15) is 0 Å². The number of likely N-dealkylation sites (N-methyl/N-ethyl adjacent to an activating group) is 1. The molecule has 5 atom stereocenters. The van der Waals surface area contributed by atoms with Crippen molar-refractivity contribution < 1.29 is 41.9 Å². The highest BCUT2D eigenvalue weighted by Gasteiger charge is 2.49. The quantitative estimate of drug-likeness (QED) is 0.194. The topological polar surface area (TPSA) is 180 Å². The number of carbonyl (C=O) groups excluding carboxylic acids is 6. The predicted molar refractivity (Wildman–Crippen MR) is 224 cm³/mol. The van der Waals surface area contributed by atoms with E-state index in [1.54, 1.807) is 4.90 Å². The van der Waals surface area contributed by atoms with Crippen LogP contribution in [0, 0.1) is 22.7 Å². The second kappa shape index (κ2) is 19.2. The minimum Gasteiger partial charge on any atom is -0.444 e. The lowest BCUT2D eigenvalue weighted by Crippen LogP contribution is -2.62. The van der Waals surface area contributed by atoms with Gasteiger partial charge in [-0.3, -0.25) is 19.2 Å². The second-order valence-electron chi connectivity index (χ2n) is 19.0. The largest absolute Gasteiger partial charge is 0.444 e. The number of amides is 4. The first-order valence-electron chi connectivity index (χ1n) is 21.6. The third-order valence-corrected chi connectivity index (χ3v) is 14.3. The smallest absolute Gasteiger partial charge is 0.410 e. The van der Waals surface area contributed by atoms with E-state index in [9.17, 15) is 32.4 Å². The van der Waals surface area contributed by atoms with Crippen LogP contribution in [0.2, 0.25) is 0 Å². The maximum Gasteiger partial charge on any atom is 0.410 e. The Kier molecular flexibility index (Phi) is 15.1. The molecule has 2 saturated carbocycles. The van der Waals surface area contributed by atoms with Crippen LogP contribution >= 0.6 is 0 Å². The van der Waals surface area contributed by atoms with Crippen molar-refractivity contribution in [3.05, 3.63) is 35.4 Å². The first-order chi connectivity index (χ1) is 27.7. The standard InChI is InChI=1S/C44H67N5O9S/c1-8-14-31(38(52)36(51)23-29-17-18-29)24-35(50)34-25-33(58-42(55)48-22-19-30-15-10-11-16-32(30)26-48)27-49(34)40(53)39(44(5)20-12-9-13-21-44)46-41(54)45-37(43(2,3)4)28-47(6)59(7,56)57/h10-11,15-16,29,31,33-34,37,39H,8-9,12-14,17-28H2,1-7H3,(H2,45,46,54)/t31?,33-,34+,37-,39-/m1/s1. The molecule has 4 amide bonds. The molecular weight excluding hydrogens is 775 g/mol. The van der Waals surface area contributed by atoms with Gasteiger partial charge in [-0.05, 0) is 66.4 Å². The summed E-state index contributed by atoms with van der Waals surface area (Å²) in [6, 6.07) is 4.51. The number of ether oxygens (including phenoxy) is 1. The Morgan fingerprint density at radius 3 is 2.27 bits per heavy atom. The number of urea groups is 1. The Labute approximate surface area is 350 Å². The Morgan fingerprint density at radius 2 is 1.66 bits per heavy atom. The zero-order valence-corrected chi connectivity index (χ0v) is 37.0. The molecule has 2 aliphatic carbocycles. The average molecular weight is 842 g/mol. The van der Waals surface area contributed by atoms with Crippen LogP contribution in [0.15, 0.2) is 24.3 Å². The van der Waals surface area contributed by atoms with Gasteiger partial charge in [0, 0.05) is 57.9 Å². The van der Waals surface area contributed by atoms with E-state index >= 15 is 4.79 Å². The Bertz CT molecular complexity index is 1830. The Morgan fingerprint density at radius 1 is 1.00 bits per heavy atom. The number of likely N-dealkylation sites (tertiary alicyclic amines) is 1. The number of hydrogen-bond acceptors (Lipinski definition) is 9. The van der Waals surface area contributed by atoms with Crippen molar-refractivity contribution in [2.24, 2.45) is 22.7 Å². The number of benzene rings is 1. The molecule has 2 heterocycles. The molecule has 1 aromatic rings. The second-order valence-corrected chi connectivity index (χ2v) is 21.1. The van der Waals surface area contributed by atoms with Crippen LogP contribution in [0.5, 0.6) is 0 Å². The summed E-state index contributed by atoms with van der Waals surface area (Å²) in [5.74, 6) is -2.47. The van der Waals surface area contributed by atoms with Gasteiger partial charge in [-0.1, -0.05) is 84.6 Å². The maximum atomic E-state index is 15.1. The normalized spacial score (nSPS) is 22.2. The average Bonchev–Trinajstić information content (AvgIpc) is 3.90. The zero-order chi connectivity index (χ0) is 43.3. The Balaban J connectivity index is 1.41. The number of hydrogen-bond donors (Lipinski definition) is 2. The molecule has 0 bridgehead atoms.